The maximum atomic E-state index is 12.0. The molecule has 116 valence electrons. The van der Waals surface area contributed by atoms with E-state index in [1.54, 1.807) is 6.92 Å². The first-order valence-electron chi connectivity index (χ1n) is 7.54. The van der Waals surface area contributed by atoms with Crippen molar-refractivity contribution in [2.75, 3.05) is 0 Å². The van der Waals surface area contributed by atoms with Crippen LogP contribution in [-0.2, 0) is 0 Å². The van der Waals surface area contributed by atoms with Gasteiger partial charge in [-0.2, -0.15) is 0 Å². The van der Waals surface area contributed by atoms with Crippen molar-refractivity contribution in [1.29, 1.82) is 0 Å². The molecule has 3 rings (SSSR count). The summed E-state index contributed by atoms with van der Waals surface area (Å²) in [6.45, 7) is 5.67. The molecule has 0 saturated carbocycles. The Morgan fingerprint density at radius 3 is 2.26 bits per heavy atom. The van der Waals surface area contributed by atoms with Crippen molar-refractivity contribution >= 4 is 17.4 Å². The fourth-order valence-corrected chi connectivity index (χ4v) is 3.05. The second-order valence-corrected chi connectivity index (χ2v) is 6.15. The number of halogens is 1. The molecule has 0 aliphatic carbocycles. The Labute approximate surface area is 141 Å². The van der Waals surface area contributed by atoms with Gasteiger partial charge in [-0.15, -0.1) is 0 Å². The highest BCUT2D eigenvalue weighted by Crippen LogP contribution is 2.31. The molecule has 1 heterocycles. The minimum absolute atomic E-state index is 0.0741. The van der Waals surface area contributed by atoms with Gasteiger partial charge in [0.15, 0.2) is 5.78 Å². The summed E-state index contributed by atoms with van der Waals surface area (Å²) in [6, 6.07) is 17.9. The van der Waals surface area contributed by atoms with Gasteiger partial charge in [0.1, 0.15) is 0 Å². The zero-order chi connectivity index (χ0) is 16.6. The molecule has 0 bridgehead atoms. The first-order valence-corrected chi connectivity index (χ1v) is 7.92. The Morgan fingerprint density at radius 1 is 1.00 bits per heavy atom. The average Bonchev–Trinajstić information content (AvgIpc) is 2.86. The normalized spacial score (nSPS) is 10.8. The number of Topliss-reactive ketones (excluding diaryl/α,β-unsaturated/α-hetero) is 1. The third-order valence-corrected chi connectivity index (χ3v) is 4.37. The fraction of sp³-hybridized carbons (Fsp3) is 0.150. The second-order valence-electron chi connectivity index (χ2n) is 5.71. The predicted octanol–water partition coefficient (Wildman–Crippen LogP) is 5.62. The van der Waals surface area contributed by atoms with Gasteiger partial charge in [0.05, 0.1) is 5.69 Å². The zero-order valence-corrected chi connectivity index (χ0v) is 14.2. The minimum Gasteiger partial charge on any atom is -0.313 e. The van der Waals surface area contributed by atoms with Crippen molar-refractivity contribution in [3.63, 3.8) is 0 Å². The van der Waals surface area contributed by atoms with E-state index in [-0.39, 0.29) is 5.78 Å². The molecular weight excluding hydrogens is 306 g/mol. The van der Waals surface area contributed by atoms with Crippen LogP contribution in [0.2, 0.25) is 5.02 Å². The molecule has 0 unspecified atom stereocenters. The van der Waals surface area contributed by atoms with Gasteiger partial charge in [-0.1, -0.05) is 41.9 Å². The average molecular weight is 324 g/mol. The third kappa shape index (κ3) is 2.82. The molecule has 1 aromatic heterocycles. The molecule has 0 aliphatic rings. The number of carbonyl (C=O) groups is 1. The van der Waals surface area contributed by atoms with Crippen LogP contribution in [0, 0.1) is 13.8 Å². The summed E-state index contributed by atoms with van der Waals surface area (Å²) < 4.78 is 2.15. The Morgan fingerprint density at radius 2 is 1.65 bits per heavy atom. The van der Waals surface area contributed by atoms with Crippen LogP contribution >= 0.6 is 11.6 Å². The molecule has 3 heteroatoms. The predicted molar refractivity (Wildman–Crippen MR) is 95.7 cm³/mol. The largest absolute Gasteiger partial charge is 0.313 e. The van der Waals surface area contributed by atoms with Crippen LogP contribution < -0.4 is 0 Å². The molecule has 0 saturated heterocycles. The lowest BCUT2D eigenvalue weighted by Crippen LogP contribution is -2.03. The zero-order valence-electron chi connectivity index (χ0n) is 13.4. The number of aromatic nitrogens is 1. The number of hydrogen-bond donors (Lipinski definition) is 0. The molecule has 0 N–H and O–H groups in total. The van der Waals surface area contributed by atoms with Crippen LogP contribution in [0.4, 0.5) is 0 Å². The highest BCUT2D eigenvalue weighted by Gasteiger charge is 2.18. The van der Waals surface area contributed by atoms with Crippen molar-refractivity contribution in [2.24, 2.45) is 0 Å². The topological polar surface area (TPSA) is 22.0 Å². The highest BCUT2D eigenvalue weighted by molar-refractivity contribution is 6.30. The Bertz CT molecular complexity index is 875. The van der Waals surface area contributed by atoms with E-state index in [1.807, 2.05) is 49.4 Å². The van der Waals surface area contributed by atoms with Gasteiger partial charge in [-0.05, 0) is 56.2 Å². The van der Waals surface area contributed by atoms with Gasteiger partial charge < -0.3 is 4.57 Å². The summed E-state index contributed by atoms with van der Waals surface area (Å²) in [6.07, 6.45) is 0. The summed E-state index contributed by atoms with van der Waals surface area (Å²) in [7, 11) is 0. The lowest BCUT2D eigenvalue weighted by Gasteiger charge is -2.14. The molecule has 0 atom stereocenters. The SMILES string of the molecule is CC(=O)c1cc(-c2ccc(Cl)cc2)n(-c2ccccc2C)c1C. The van der Waals surface area contributed by atoms with E-state index in [9.17, 15) is 4.79 Å². The van der Waals surface area contributed by atoms with E-state index >= 15 is 0 Å². The first kappa shape index (κ1) is 15.6. The van der Waals surface area contributed by atoms with Gasteiger partial charge in [0, 0.05) is 22.0 Å². The number of para-hydroxylation sites is 1. The molecule has 3 aromatic rings. The van der Waals surface area contributed by atoms with Gasteiger partial charge in [-0.3, -0.25) is 4.79 Å². The number of ketones is 1. The van der Waals surface area contributed by atoms with Gasteiger partial charge in [0.25, 0.3) is 0 Å². The van der Waals surface area contributed by atoms with E-state index in [1.165, 1.54) is 0 Å². The molecule has 2 aromatic carbocycles. The van der Waals surface area contributed by atoms with Gasteiger partial charge in [-0.25, -0.2) is 0 Å². The molecule has 0 spiro atoms. The Balaban J connectivity index is 2.31. The Hall–Kier alpha value is -2.32. The summed E-state index contributed by atoms with van der Waals surface area (Å²) in [5, 5.41) is 0.700. The fourth-order valence-electron chi connectivity index (χ4n) is 2.92. The number of benzene rings is 2. The van der Waals surface area contributed by atoms with Crippen molar-refractivity contribution in [1.82, 2.24) is 4.57 Å². The van der Waals surface area contributed by atoms with Crippen molar-refractivity contribution < 1.29 is 4.79 Å². The molecular formula is C20H18ClNO. The minimum atomic E-state index is 0.0741. The van der Waals surface area contributed by atoms with Crippen LogP contribution in [0.25, 0.3) is 16.9 Å². The maximum Gasteiger partial charge on any atom is 0.161 e. The van der Waals surface area contributed by atoms with Gasteiger partial charge >= 0.3 is 0 Å². The quantitative estimate of drug-likeness (QED) is 0.573. The second kappa shape index (κ2) is 6.05. The van der Waals surface area contributed by atoms with E-state index in [2.05, 4.69) is 23.6 Å². The smallest absolute Gasteiger partial charge is 0.161 e. The third-order valence-electron chi connectivity index (χ3n) is 4.12. The van der Waals surface area contributed by atoms with Crippen LogP contribution in [0.1, 0.15) is 28.5 Å². The molecule has 0 aliphatic heterocycles. The van der Waals surface area contributed by atoms with E-state index in [0.717, 1.165) is 33.8 Å². The van der Waals surface area contributed by atoms with Crippen LogP contribution in [0.15, 0.2) is 54.6 Å². The first-order chi connectivity index (χ1) is 11.0. The van der Waals surface area contributed by atoms with Crippen molar-refractivity contribution in [3.8, 4) is 16.9 Å². The number of hydrogen-bond acceptors (Lipinski definition) is 1. The monoisotopic (exact) mass is 323 g/mol. The number of aryl methyl sites for hydroxylation is 1. The summed E-state index contributed by atoms with van der Waals surface area (Å²) in [5.74, 6) is 0.0741. The number of rotatable bonds is 3. The standard InChI is InChI=1S/C20H18ClNO/c1-13-6-4-5-7-19(13)22-14(2)18(15(3)23)12-20(22)16-8-10-17(21)11-9-16/h4-12H,1-3H3. The molecule has 23 heavy (non-hydrogen) atoms. The summed E-state index contributed by atoms with van der Waals surface area (Å²) in [4.78, 5) is 12.0. The molecule has 2 nitrogen and oxygen atoms in total. The molecule has 0 radical (unpaired) electrons. The number of nitrogens with zero attached hydrogens (tertiary/aromatic N) is 1. The lowest BCUT2D eigenvalue weighted by atomic mass is 10.1. The highest BCUT2D eigenvalue weighted by atomic mass is 35.5. The molecule has 0 fully saturated rings. The van der Waals surface area contributed by atoms with Crippen LogP contribution in [-0.4, -0.2) is 10.4 Å². The van der Waals surface area contributed by atoms with Crippen LogP contribution in [0.5, 0.6) is 0 Å². The summed E-state index contributed by atoms with van der Waals surface area (Å²) >= 11 is 6.01. The van der Waals surface area contributed by atoms with E-state index in [0.29, 0.717) is 5.02 Å². The molecule has 0 amide bonds. The maximum absolute atomic E-state index is 12.0. The Kier molecular flexibility index (Phi) is 4.10. The van der Waals surface area contributed by atoms with E-state index < -0.39 is 0 Å². The van der Waals surface area contributed by atoms with E-state index in [4.69, 9.17) is 11.6 Å². The lowest BCUT2D eigenvalue weighted by molar-refractivity contribution is 0.101. The number of carbonyl (C=O) groups excluding carboxylic acids is 1. The van der Waals surface area contributed by atoms with Crippen molar-refractivity contribution in [3.05, 3.63) is 76.4 Å². The summed E-state index contributed by atoms with van der Waals surface area (Å²) in [5.41, 5.74) is 5.99. The van der Waals surface area contributed by atoms with Crippen molar-refractivity contribution in [2.45, 2.75) is 20.8 Å². The van der Waals surface area contributed by atoms with Crippen LogP contribution in [0.3, 0.4) is 0 Å². The van der Waals surface area contributed by atoms with Gasteiger partial charge in [0.2, 0.25) is 0 Å².